The van der Waals surface area contributed by atoms with Crippen LogP contribution in [0, 0.1) is 18.6 Å². The summed E-state index contributed by atoms with van der Waals surface area (Å²) in [5.41, 5.74) is 0.0906. The molecule has 3 heterocycles. The molecule has 0 atom stereocenters. The summed E-state index contributed by atoms with van der Waals surface area (Å²) in [6.45, 7) is 1.32. The number of rotatable bonds is 6. The van der Waals surface area contributed by atoms with Crippen LogP contribution in [0.2, 0.25) is 0 Å². The van der Waals surface area contributed by atoms with Gasteiger partial charge in [0.25, 0.3) is 11.5 Å². The number of aromatic nitrogens is 3. The van der Waals surface area contributed by atoms with Crippen LogP contribution < -0.4 is 21.3 Å². The van der Waals surface area contributed by atoms with Gasteiger partial charge in [-0.1, -0.05) is 0 Å². The SMILES string of the molecule is COc1cc(CNC(=O)C2=Cn3c(c(C)c(=O)n(Cc4cc(F)c(O)c(F)c4)c3=O)CS2)ccn1. The van der Waals surface area contributed by atoms with E-state index in [1.54, 1.807) is 25.3 Å². The van der Waals surface area contributed by atoms with Crippen LogP contribution in [0.1, 0.15) is 22.4 Å². The molecule has 4 rings (SSSR count). The topological polar surface area (TPSA) is 115 Å². The Morgan fingerprint density at radius 2 is 1.94 bits per heavy atom. The lowest BCUT2D eigenvalue weighted by Gasteiger charge is -2.20. The number of hydrogen-bond donors (Lipinski definition) is 2. The molecule has 0 spiro atoms. The number of nitrogens with zero attached hydrogens (tertiary/aromatic N) is 3. The second-order valence-electron chi connectivity index (χ2n) is 7.69. The van der Waals surface area contributed by atoms with Crippen molar-refractivity contribution < 1.29 is 23.4 Å². The molecule has 0 aliphatic carbocycles. The molecular weight excluding hydrogens is 482 g/mol. The van der Waals surface area contributed by atoms with Gasteiger partial charge in [0.15, 0.2) is 17.4 Å². The number of carbonyl (C=O) groups excluding carboxylic acids is 1. The maximum atomic E-state index is 13.7. The van der Waals surface area contributed by atoms with E-state index in [1.165, 1.54) is 29.6 Å². The van der Waals surface area contributed by atoms with E-state index in [2.05, 4.69) is 10.3 Å². The molecule has 0 saturated heterocycles. The Balaban J connectivity index is 1.63. The monoisotopic (exact) mass is 502 g/mol. The predicted molar refractivity (Wildman–Crippen MR) is 125 cm³/mol. The highest BCUT2D eigenvalue weighted by Crippen LogP contribution is 2.28. The smallest absolute Gasteiger partial charge is 0.335 e. The van der Waals surface area contributed by atoms with Gasteiger partial charge in [-0.2, -0.15) is 0 Å². The molecule has 0 bridgehead atoms. The normalized spacial score (nSPS) is 12.6. The van der Waals surface area contributed by atoms with E-state index in [0.717, 1.165) is 22.3 Å². The van der Waals surface area contributed by atoms with E-state index < -0.39 is 41.1 Å². The van der Waals surface area contributed by atoms with Crippen LogP contribution >= 0.6 is 11.8 Å². The zero-order valence-corrected chi connectivity index (χ0v) is 19.5. The zero-order chi connectivity index (χ0) is 25.3. The number of ether oxygens (including phenoxy) is 1. The Bertz CT molecular complexity index is 1460. The van der Waals surface area contributed by atoms with Crippen molar-refractivity contribution >= 4 is 23.9 Å². The lowest BCUT2D eigenvalue weighted by Crippen LogP contribution is -2.42. The molecule has 35 heavy (non-hydrogen) atoms. The lowest BCUT2D eigenvalue weighted by atomic mass is 10.2. The quantitative estimate of drug-likeness (QED) is 0.531. The van der Waals surface area contributed by atoms with Gasteiger partial charge in [-0.3, -0.25) is 18.7 Å². The Hall–Kier alpha value is -3.93. The van der Waals surface area contributed by atoms with E-state index in [4.69, 9.17) is 4.74 Å². The summed E-state index contributed by atoms with van der Waals surface area (Å²) in [6, 6.07) is 5.10. The number of benzene rings is 1. The van der Waals surface area contributed by atoms with E-state index in [9.17, 15) is 28.3 Å². The third-order valence-electron chi connectivity index (χ3n) is 5.44. The highest BCUT2D eigenvalue weighted by Gasteiger charge is 2.23. The summed E-state index contributed by atoms with van der Waals surface area (Å²) < 4.78 is 34.6. The van der Waals surface area contributed by atoms with Crippen LogP contribution in [-0.2, 0) is 23.6 Å². The molecule has 9 nitrogen and oxygen atoms in total. The van der Waals surface area contributed by atoms with Gasteiger partial charge in [0.05, 0.1) is 18.6 Å². The minimum Gasteiger partial charge on any atom is -0.503 e. The molecule has 0 unspecified atom stereocenters. The Morgan fingerprint density at radius 3 is 2.63 bits per heavy atom. The summed E-state index contributed by atoms with van der Waals surface area (Å²) in [7, 11) is 1.49. The van der Waals surface area contributed by atoms with Crippen LogP contribution in [0.15, 0.2) is 45.0 Å². The fourth-order valence-electron chi connectivity index (χ4n) is 3.55. The van der Waals surface area contributed by atoms with Gasteiger partial charge in [-0.25, -0.2) is 18.6 Å². The first kappa shape index (κ1) is 24.2. The molecule has 12 heteroatoms. The average Bonchev–Trinajstić information content (AvgIpc) is 2.86. The van der Waals surface area contributed by atoms with Gasteiger partial charge in [0, 0.05) is 42.0 Å². The summed E-state index contributed by atoms with van der Waals surface area (Å²) in [6.07, 6.45) is 2.90. The zero-order valence-electron chi connectivity index (χ0n) is 18.7. The van der Waals surface area contributed by atoms with E-state index in [1.807, 2.05) is 0 Å². The first-order valence-electron chi connectivity index (χ1n) is 10.3. The third-order valence-corrected chi connectivity index (χ3v) is 6.46. The summed E-state index contributed by atoms with van der Waals surface area (Å²) in [5.74, 6) is -3.34. The van der Waals surface area contributed by atoms with E-state index in [-0.39, 0.29) is 28.3 Å². The molecule has 1 amide bonds. The number of thioether (sulfide) groups is 1. The second kappa shape index (κ2) is 9.74. The Kier molecular flexibility index (Phi) is 6.74. The number of fused-ring (bicyclic) bond motifs is 1. The number of pyridine rings is 1. The average molecular weight is 502 g/mol. The minimum absolute atomic E-state index is 0.0168. The third kappa shape index (κ3) is 4.83. The van der Waals surface area contributed by atoms with Gasteiger partial charge in [0.2, 0.25) is 5.88 Å². The predicted octanol–water partition coefficient (Wildman–Crippen LogP) is 2.12. The fourth-order valence-corrected chi connectivity index (χ4v) is 4.58. The first-order chi connectivity index (χ1) is 16.7. The molecule has 0 fully saturated rings. The first-order valence-corrected chi connectivity index (χ1v) is 11.3. The van der Waals surface area contributed by atoms with Crippen LogP contribution in [0.4, 0.5) is 8.78 Å². The van der Waals surface area contributed by atoms with Gasteiger partial charge in [0.1, 0.15) is 0 Å². The van der Waals surface area contributed by atoms with Crippen molar-refractivity contribution in [1.82, 2.24) is 19.4 Å². The Morgan fingerprint density at radius 1 is 1.23 bits per heavy atom. The number of nitrogens with one attached hydrogen (secondary N) is 1. The Labute approximate surface area is 201 Å². The molecule has 1 aliphatic rings. The molecule has 2 aromatic heterocycles. The minimum atomic E-state index is -1.20. The molecule has 1 aliphatic heterocycles. The number of aromatic hydroxyl groups is 1. The van der Waals surface area contributed by atoms with Crippen LogP contribution in [0.5, 0.6) is 11.6 Å². The van der Waals surface area contributed by atoms with Crippen molar-refractivity contribution in [3.8, 4) is 11.6 Å². The van der Waals surface area contributed by atoms with Crippen LogP contribution in [-0.4, -0.2) is 32.2 Å². The number of hydrogen-bond acceptors (Lipinski definition) is 7. The maximum absolute atomic E-state index is 13.7. The van der Waals surface area contributed by atoms with Crippen molar-refractivity contribution in [2.45, 2.75) is 25.8 Å². The standard InChI is InChI=1S/C23H20F2N4O5S/c1-12-17-11-35-18(21(31)27-8-13-3-4-26-19(7-13)34-2)10-28(17)23(33)29(22(12)32)9-14-5-15(24)20(30)16(25)6-14/h3-7,10,30H,8-9,11H2,1-2H3,(H,27,31). The molecule has 0 radical (unpaired) electrons. The second-order valence-corrected chi connectivity index (χ2v) is 8.71. The van der Waals surface area contributed by atoms with E-state index in [0.29, 0.717) is 11.6 Å². The largest absolute Gasteiger partial charge is 0.503 e. The molecular formula is C23H20F2N4O5S. The molecule has 182 valence electrons. The summed E-state index contributed by atoms with van der Waals surface area (Å²) in [5, 5.41) is 12.1. The number of amides is 1. The van der Waals surface area contributed by atoms with Crippen molar-refractivity contribution in [3.63, 3.8) is 0 Å². The maximum Gasteiger partial charge on any atom is 0.335 e. The number of carbonyl (C=O) groups is 1. The number of methoxy groups -OCH3 is 1. The van der Waals surface area contributed by atoms with Crippen molar-refractivity contribution in [1.29, 1.82) is 0 Å². The number of phenols is 1. The molecule has 2 N–H and O–H groups in total. The van der Waals surface area contributed by atoms with Crippen molar-refractivity contribution in [3.05, 3.63) is 90.2 Å². The summed E-state index contributed by atoms with van der Waals surface area (Å²) in [4.78, 5) is 43.0. The van der Waals surface area contributed by atoms with Crippen LogP contribution in [0.25, 0.3) is 6.20 Å². The number of halogens is 2. The van der Waals surface area contributed by atoms with Crippen molar-refractivity contribution in [2.75, 3.05) is 7.11 Å². The summed E-state index contributed by atoms with van der Waals surface area (Å²) >= 11 is 1.18. The van der Waals surface area contributed by atoms with Gasteiger partial charge < -0.3 is 15.2 Å². The number of phenolic OH excluding ortho intramolecular Hbond substituents is 1. The van der Waals surface area contributed by atoms with Gasteiger partial charge in [-0.05, 0) is 36.2 Å². The molecule has 0 saturated carbocycles. The lowest BCUT2D eigenvalue weighted by molar-refractivity contribution is -0.116. The van der Waals surface area contributed by atoms with E-state index >= 15 is 0 Å². The highest BCUT2D eigenvalue weighted by molar-refractivity contribution is 8.03. The van der Waals surface area contributed by atoms with Gasteiger partial charge >= 0.3 is 5.69 Å². The van der Waals surface area contributed by atoms with Crippen LogP contribution in [0.3, 0.4) is 0 Å². The fraction of sp³-hybridized carbons (Fsp3) is 0.217. The van der Waals surface area contributed by atoms with Crippen molar-refractivity contribution in [2.24, 2.45) is 0 Å². The highest BCUT2D eigenvalue weighted by atomic mass is 32.2. The molecule has 3 aromatic rings. The molecule has 1 aromatic carbocycles. The van der Waals surface area contributed by atoms with Gasteiger partial charge in [-0.15, -0.1) is 11.8 Å².